The summed E-state index contributed by atoms with van der Waals surface area (Å²) in [5.74, 6) is 0.773. The molecule has 1 nitrogen and oxygen atoms in total. The lowest BCUT2D eigenvalue weighted by Crippen LogP contribution is -2.24. The van der Waals surface area contributed by atoms with Gasteiger partial charge >= 0.3 is 0 Å². The van der Waals surface area contributed by atoms with Crippen LogP contribution in [0.25, 0.3) is 0 Å². The van der Waals surface area contributed by atoms with E-state index in [9.17, 15) is 0 Å². The topological polar surface area (TPSA) is 12.0 Å². The van der Waals surface area contributed by atoms with E-state index < -0.39 is 0 Å². The SMILES string of the molecule is C=C(C)CNCC(CC)CCc1ccccc1. The minimum atomic E-state index is 0.773. The molecule has 0 aromatic heterocycles. The van der Waals surface area contributed by atoms with Crippen LogP contribution in [0.1, 0.15) is 32.3 Å². The molecule has 0 aliphatic carbocycles. The van der Waals surface area contributed by atoms with Crippen LogP contribution >= 0.6 is 0 Å². The van der Waals surface area contributed by atoms with Crippen molar-refractivity contribution in [2.45, 2.75) is 33.1 Å². The van der Waals surface area contributed by atoms with Gasteiger partial charge in [0.1, 0.15) is 0 Å². The van der Waals surface area contributed by atoms with Gasteiger partial charge < -0.3 is 5.32 Å². The predicted molar refractivity (Wildman–Crippen MR) is 76.2 cm³/mol. The van der Waals surface area contributed by atoms with Gasteiger partial charge in [-0.25, -0.2) is 0 Å². The van der Waals surface area contributed by atoms with Crippen LogP contribution in [-0.2, 0) is 6.42 Å². The van der Waals surface area contributed by atoms with E-state index >= 15 is 0 Å². The van der Waals surface area contributed by atoms with Crippen LogP contribution in [0, 0.1) is 5.92 Å². The molecule has 0 spiro atoms. The molecule has 0 bridgehead atoms. The smallest absolute Gasteiger partial charge is 0.0159 e. The Morgan fingerprint density at radius 2 is 2.00 bits per heavy atom. The molecule has 1 unspecified atom stereocenters. The standard InChI is InChI=1S/C16H25N/c1-4-15(13-17-12-14(2)3)10-11-16-8-6-5-7-9-16/h5-9,15,17H,2,4,10-13H2,1,3H3. The average molecular weight is 231 g/mol. The summed E-state index contributed by atoms with van der Waals surface area (Å²) in [6, 6.07) is 10.8. The fourth-order valence-electron chi connectivity index (χ4n) is 1.96. The van der Waals surface area contributed by atoms with E-state index in [4.69, 9.17) is 0 Å². The maximum absolute atomic E-state index is 3.91. The third-order valence-corrected chi connectivity index (χ3v) is 3.12. The molecule has 1 aromatic carbocycles. The Kier molecular flexibility index (Phi) is 6.64. The number of hydrogen-bond acceptors (Lipinski definition) is 1. The normalized spacial score (nSPS) is 12.4. The Balaban J connectivity index is 2.25. The fourth-order valence-corrected chi connectivity index (χ4v) is 1.96. The summed E-state index contributed by atoms with van der Waals surface area (Å²) < 4.78 is 0. The molecule has 0 radical (unpaired) electrons. The van der Waals surface area contributed by atoms with Gasteiger partial charge in [-0.05, 0) is 37.8 Å². The van der Waals surface area contributed by atoms with Crippen molar-refractivity contribution in [1.29, 1.82) is 0 Å². The molecule has 94 valence electrons. The second-order valence-corrected chi connectivity index (χ2v) is 4.89. The highest BCUT2D eigenvalue weighted by molar-refractivity contribution is 5.14. The van der Waals surface area contributed by atoms with Crippen LogP contribution < -0.4 is 5.32 Å². The number of nitrogens with one attached hydrogen (secondary N) is 1. The Morgan fingerprint density at radius 3 is 2.59 bits per heavy atom. The van der Waals surface area contributed by atoms with Gasteiger partial charge in [-0.2, -0.15) is 0 Å². The van der Waals surface area contributed by atoms with Crippen LogP contribution in [-0.4, -0.2) is 13.1 Å². The van der Waals surface area contributed by atoms with E-state index in [1.165, 1.54) is 30.4 Å². The number of hydrogen-bond donors (Lipinski definition) is 1. The van der Waals surface area contributed by atoms with Crippen molar-refractivity contribution >= 4 is 0 Å². The predicted octanol–water partition coefficient (Wildman–Crippen LogP) is 3.81. The van der Waals surface area contributed by atoms with Crippen molar-refractivity contribution in [3.05, 3.63) is 48.0 Å². The highest BCUT2D eigenvalue weighted by atomic mass is 14.9. The summed E-state index contributed by atoms with van der Waals surface area (Å²) in [4.78, 5) is 0. The first-order chi connectivity index (χ1) is 8.22. The van der Waals surface area contributed by atoms with Gasteiger partial charge in [0.25, 0.3) is 0 Å². The third-order valence-electron chi connectivity index (χ3n) is 3.12. The monoisotopic (exact) mass is 231 g/mol. The molecule has 1 N–H and O–H groups in total. The summed E-state index contributed by atoms with van der Waals surface area (Å²) in [6.07, 6.45) is 3.70. The number of benzene rings is 1. The highest BCUT2D eigenvalue weighted by Crippen LogP contribution is 2.12. The molecule has 0 saturated heterocycles. The first-order valence-corrected chi connectivity index (χ1v) is 6.61. The quantitative estimate of drug-likeness (QED) is 0.671. The zero-order valence-corrected chi connectivity index (χ0v) is 11.2. The molecule has 1 rings (SSSR count). The Morgan fingerprint density at radius 1 is 1.29 bits per heavy atom. The van der Waals surface area contributed by atoms with Crippen molar-refractivity contribution < 1.29 is 0 Å². The van der Waals surface area contributed by atoms with Crippen molar-refractivity contribution in [2.24, 2.45) is 5.92 Å². The molecule has 1 aromatic rings. The molecule has 0 fully saturated rings. The van der Waals surface area contributed by atoms with Crippen molar-refractivity contribution in [3.8, 4) is 0 Å². The molecule has 0 aliphatic rings. The maximum atomic E-state index is 3.91. The fraction of sp³-hybridized carbons (Fsp3) is 0.500. The minimum Gasteiger partial charge on any atom is -0.313 e. The van der Waals surface area contributed by atoms with Gasteiger partial charge in [0.15, 0.2) is 0 Å². The molecule has 17 heavy (non-hydrogen) atoms. The third kappa shape index (κ3) is 6.28. The molecular formula is C16H25N. The number of rotatable bonds is 8. The molecule has 1 heteroatoms. The van der Waals surface area contributed by atoms with E-state index in [1.54, 1.807) is 0 Å². The average Bonchev–Trinajstić information content (AvgIpc) is 2.34. The van der Waals surface area contributed by atoms with Crippen LogP contribution in [0.4, 0.5) is 0 Å². The van der Waals surface area contributed by atoms with Gasteiger partial charge in [-0.3, -0.25) is 0 Å². The first-order valence-electron chi connectivity index (χ1n) is 6.61. The van der Waals surface area contributed by atoms with Crippen molar-refractivity contribution in [2.75, 3.05) is 13.1 Å². The Bertz CT molecular complexity index is 316. The zero-order valence-electron chi connectivity index (χ0n) is 11.2. The largest absolute Gasteiger partial charge is 0.313 e. The van der Waals surface area contributed by atoms with Crippen molar-refractivity contribution in [1.82, 2.24) is 5.32 Å². The zero-order chi connectivity index (χ0) is 12.5. The van der Waals surface area contributed by atoms with Crippen LogP contribution in [0.15, 0.2) is 42.5 Å². The van der Waals surface area contributed by atoms with E-state index in [0.717, 1.165) is 19.0 Å². The van der Waals surface area contributed by atoms with Crippen LogP contribution in [0.2, 0.25) is 0 Å². The summed E-state index contributed by atoms with van der Waals surface area (Å²) in [7, 11) is 0. The number of aryl methyl sites for hydroxylation is 1. The van der Waals surface area contributed by atoms with Gasteiger partial charge in [0.2, 0.25) is 0 Å². The van der Waals surface area contributed by atoms with E-state index in [1.807, 2.05) is 0 Å². The van der Waals surface area contributed by atoms with Gasteiger partial charge in [0.05, 0.1) is 0 Å². The maximum Gasteiger partial charge on any atom is 0.0159 e. The summed E-state index contributed by atoms with van der Waals surface area (Å²) in [6.45, 7) is 10.3. The Labute approximate surface area is 106 Å². The lowest BCUT2D eigenvalue weighted by atomic mass is 9.97. The van der Waals surface area contributed by atoms with Gasteiger partial charge in [0, 0.05) is 6.54 Å². The summed E-state index contributed by atoms with van der Waals surface area (Å²) >= 11 is 0. The molecule has 0 aliphatic heterocycles. The molecule has 0 heterocycles. The second kappa shape index (κ2) is 8.08. The van der Waals surface area contributed by atoms with Gasteiger partial charge in [-0.1, -0.05) is 55.8 Å². The summed E-state index contributed by atoms with van der Waals surface area (Å²) in [5.41, 5.74) is 2.66. The lowest BCUT2D eigenvalue weighted by molar-refractivity contribution is 0.441. The minimum absolute atomic E-state index is 0.773. The second-order valence-electron chi connectivity index (χ2n) is 4.89. The van der Waals surface area contributed by atoms with Crippen molar-refractivity contribution in [3.63, 3.8) is 0 Å². The highest BCUT2D eigenvalue weighted by Gasteiger charge is 2.05. The molecule has 1 atom stereocenters. The van der Waals surface area contributed by atoms with E-state index in [-0.39, 0.29) is 0 Å². The Hall–Kier alpha value is -1.08. The van der Waals surface area contributed by atoms with Crippen LogP contribution in [0.5, 0.6) is 0 Å². The molecular weight excluding hydrogens is 206 g/mol. The molecule has 0 saturated carbocycles. The lowest BCUT2D eigenvalue weighted by Gasteiger charge is -2.15. The first kappa shape index (κ1) is 14.0. The molecule has 0 amide bonds. The van der Waals surface area contributed by atoms with E-state index in [2.05, 4.69) is 56.1 Å². The van der Waals surface area contributed by atoms with E-state index in [0.29, 0.717) is 0 Å². The van der Waals surface area contributed by atoms with Gasteiger partial charge in [-0.15, -0.1) is 0 Å². The summed E-state index contributed by atoms with van der Waals surface area (Å²) in [5, 5.41) is 3.47. The van der Waals surface area contributed by atoms with Crippen LogP contribution in [0.3, 0.4) is 0 Å².